The summed E-state index contributed by atoms with van der Waals surface area (Å²) in [6, 6.07) is 11.9. The average Bonchev–Trinajstić information content (AvgIpc) is 3.23. The third-order valence-electron chi connectivity index (χ3n) is 4.13. The van der Waals surface area contributed by atoms with E-state index in [1.807, 2.05) is 12.5 Å². The average molecular weight is 283 g/mol. The van der Waals surface area contributed by atoms with Crippen LogP contribution in [0.3, 0.4) is 0 Å². The van der Waals surface area contributed by atoms with Gasteiger partial charge in [-0.05, 0) is 30.7 Å². The first-order valence-electron chi connectivity index (χ1n) is 8.03. The van der Waals surface area contributed by atoms with E-state index < -0.39 is 0 Å². The minimum absolute atomic E-state index is 0.411. The normalized spacial score (nSPS) is 16.3. The van der Waals surface area contributed by atoms with E-state index in [-0.39, 0.29) is 0 Å². The summed E-state index contributed by atoms with van der Waals surface area (Å²) in [6.07, 6.45) is 7.74. The lowest BCUT2D eigenvalue weighted by molar-refractivity contribution is 0.422. The molecule has 112 valence electrons. The highest BCUT2D eigenvalue weighted by Gasteiger charge is 2.25. The second kappa shape index (κ2) is 6.44. The summed E-state index contributed by atoms with van der Waals surface area (Å²) in [5.41, 5.74) is 2.69. The fourth-order valence-corrected chi connectivity index (χ4v) is 2.87. The fourth-order valence-electron chi connectivity index (χ4n) is 2.87. The van der Waals surface area contributed by atoms with E-state index in [4.69, 9.17) is 0 Å². The predicted octanol–water partition coefficient (Wildman–Crippen LogP) is 4.10. The van der Waals surface area contributed by atoms with Crippen LogP contribution in [0.15, 0.2) is 42.9 Å². The molecule has 0 amide bonds. The molecular formula is C18H25N3. The van der Waals surface area contributed by atoms with Crippen LogP contribution >= 0.6 is 0 Å². The second-order valence-electron chi connectivity index (χ2n) is 6.50. The van der Waals surface area contributed by atoms with Gasteiger partial charge in [-0.1, -0.05) is 44.2 Å². The van der Waals surface area contributed by atoms with Gasteiger partial charge in [-0.15, -0.1) is 0 Å². The molecule has 0 saturated heterocycles. The molecule has 1 aromatic carbocycles. The number of hydrogen-bond acceptors (Lipinski definition) is 2. The molecule has 2 aromatic rings. The fraction of sp³-hybridized carbons (Fsp3) is 0.500. The third-order valence-corrected chi connectivity index (χ3v) is 4.13. The van der Waals surface area contributed by atoms with Crippen molar-refractivity contribution >= 4 is 0 Å². The van der Waals surface area contributed by atoms with Crippen LogP contribution in [0.4, 0.5) is 0 Å². The summed E-state index contributed by atoms with van der Waals surface area (Å²) in [5, 5.41) is 3.73. The molecule has 1 unspecified atom stereocenters. The first-order chi connectivity index (χ1) is 10.2. The number of rotatable bonds is 7. The maximum absolute atomic E-state index is 4.32. The standard InChI is InChI=1S/C18H25N3/c1-14(2)10-18(15-6-4-3-5-7-15)20-12-17-11-19-13-21(17)16-8-9-16/h3-7,11,13-14,16,18,20H,8-10,12H2,1-2H3. The van der Waals surface area contributed by atoms with Crippen molar-refractivity contribution in [2.24, 2.45) is 5.92 Å². The van der Waals surface area contributed by atoms with E-state index in [0.29, 0.717) is 18.0 Å². The van der Waals surface area contributed by atoms with Gasteiger partial charge in [0.05, 0.1) is 12.0 Å². The molecule has 1 atom stereocenters. The molecule has 0 aliphatic heterocycles. The number of nitrogens with zero attached hydrogens (tertiary/aromatic N) is 2. The van der Waals surface area contributed by atoms with E-state index in [0.717, 1.165) is 13.0 Å². The van der Waals surface area contributed by atoms with Gasteiger partial charge < -0.3 is 9.88 Å². The van der Waals surface area contributed by atoms with Crippen LogP contribution in [0, 0.1) is 5.92 Å². The van der Waals surface area contributed by atoms with E-state index in [9.17, 15) is 0 Å². The largest absolute Gasteiger partial charge is 0.330 e. The molecule has 1 heterocycles. The number of imidazole rings is 1. The molecule has 3 nitrogen and oxygen atoms in total. The van der Waals surface area contributed by atoms with E-state index in [1.165, 1.54) is 24.1 Å². The van der Waals surface area contributed by atoms with Crippen molar-refractivity contribution in [2.45, 2.75) is 51.7 Å². The molecule has 1 aromatic heterocycles. The molecule has 0 spiro atoms. The molecule has 1 N–H and O–H groups in total. The van der Waals surface area contributed by atoms with Gasteiger partial charge in [0.15, 0.2) is 0 Å². The Bertz CT molecular complexity index is 555. The van der Waals surface area contributed by atoms with Gasteiger partial charge >= 0.3 is 0 Å². The minimum atomic E-state index is 0.411. The molecule has 1 aliphatic rings. The lowest BCUT2D eigenvalue weighted by Crippen LogP contribution is -2.23. The molecule has 3 heteroatoms. The molecule has 1 aliphatic carbocycles. The molecule has 0 radical (unpaired) electrons. The summed E-state index contributed by atoms with van der Waals surface area (Å²) < 4.78 is 2.34. The Morgan fingerprint density at radius 1 is 1.24 bits per heavy atom. The molecule has 21 heavy (non-hydrogen) atoms. The summed E-state index contributed by atoms with van der Waals surface area (Å²) in [4.78, 5) is 4.32. The molecule has 0 bridgehead atoms. The minimum Gasteiger partial charge on any atom is -0.330 e. The van der Waals surface area contributed by atoms with Crippen LogP contribution in [0.2, 0.25) is 0 Å². The summed E-state index contributed by atoms with van der Waals surface area (Å²) >= 11 is 0. The lowest BCUT2D eigenvalue weighted by Gasteiger charge is -2.21. The van der Waals surface area contributed by atoms with Crippen molar-refractivity contribution in [1.29, 1.82) is 0 Å². The Kier molecular flexibility index (Phi) is 4.39. The maximum atomic E-state index is 4.32. The number of nitrogens with one attached hydrogen (secondary N) is 1. The second-order valence-corrected chi connectivity index (χ2v) is 6.50. The van der Waals surface area contributed by atoms with Crippen molar-refractivity contribution in [3.8, 4) is 0 Å². The van der Waals surface area contributed by atoms with Crippen molar-refractivity contribution in [3.05, 3.63) is 54.1 Å². The van der Waals surface area contributed by atoms with Crippen molar-refractivity contribution in [3.63, 3.8) is 0 Å². The zero-order valence-corrected chi connectivity index (χ0v) is 13.0. The van der Waals surface area contributed by atoms with Gasteiger partial charge in [-0.2, -0.15) is 0 Å². The molecule has 3 rings (SSSR count). The van der Waals surface area contributed by atoms with Crippen LogP contribution in [-0.4, -0.2) is 9.55 Å². The van der Waals surface area contributed by atoms with Gasteiger partial charge in [0, 0.05) is 24.8 Å². The first kappa shape index (κ1) is 14.3. The van der Waals surface area contributed by atoms with Crippen LogP contribution < -0.4 is 5.32 Å². The zero-order chi connectivity index (χ0) is 14.7. The van der Waals surface area contributed by atoms with Gasteiger partial charge in [-0.3, -0.25) is 0 Å². The Labute approximate surface area is 127 Å². The lowest BCUT2D eigenvalue weighted by atomic mass is 9.97. The molecular weight excluding hydrogens is 258 g/mol. The first-order valence-corrected chi connectivity index (χ1v) is 8.03. The quantitative estimate of drug-likeness (QED) is 0.829. The molecule has 1 fully saturated rings. The van der Waals surface area contributed by atoms with Crippen LogP contribution in [0.1, 0.15) is 56.5 Å². The maximum Gasteiger partial charge on any atom is 0.0951 e. The van der Waals surface area contributed by atoms with Crippen molar-refractivity contribution in [2.75, 3.05) is 0 Å². The van der Waals surface area contributed by atoms with E-state index in [2.05, 4.69) is 59.0 Å². The highest BCUT2D eigenvalue weighted by atomic mass is 15.1. The van der Waals surface area contributed by atoms with Gasteiger partial charge in [0.25, 0.3) is 0 Å². The van der Waals surface area contributed by atoms with Crippen molar-refractivity contribution in [1.82, 2.24) is 14.9 Å². The Hall–Kier alpha value is -1.61. The van der Waals surface area contributed by atoms with Gasteiger partial charge in [-0.25, -0.2) is 4.98 Å². The third kappa shape index (κ3) is 3.73. The Morgan fingerprint density at radius 2 is 2.00 bits per heavy atom. The van der Waals surface area contributed by atoms with Crippen LogP contribution in [0.25, 0.3) is 0 Å². The van der Waals surface area contributed by atoms with Crippen LogP contribution in [0.5, 0.6) is 0 Å². The predicted molar refractivity (Wildman–Crippen MR) is 86.0 cm³/mol. The molecule has 1 saturated carbocycles. The summed E-state index contributed by atoms with van der Waals surface area (Å²) in [6.45, 7) is 5.46. The Morgan fingerprint density at radius 3 is 2.67 bits per heavy atom. The number of benzene rings is 1. The van der Waals surface area contributed by atoms with Crippen molar-refractivity contribution < 1.29 is 0 Å². The van der Waals surface area contributed by atoms with E-state index in [1.54, 1.807) is 0 Å². The summed E-state index contributed by atoms with van der Waals surface area (Å²) in [5.74, 6) is 0.677. The monoisotopic (exact) mass is 283 g/mol. The number of hydrogen-bond donors (Lipinski definition) is 1. The smallest absolute Gasteiger partial charge is 0.0951 e. The van der Waals surface area contributed by atoms with Gasteiger partial charge in [0.2, 0.25) is 0 Å². The highest BCUT2D eigenvalue weighted by Crippen LogP contribution is 2.35. The topological polar surface area (TPSA) is 29.9 Å². The van der Waals surface area contributed by atoms with Crippen LogP contribution in [-0.2, 0) is 6.54 Å². The van der Waals surface area contributed by atoms with Gasteiger partial charge in [0.1, 0.15) is 0 Å². The highest BCUT2D eigenvalue weighted by molar-refractivity contribution is 5.19. The Balaban J connectivity index is 1.68. The zero-order valence-electron chi connectivity index (χ0n) is 13.0. The summed E-state index contributed by atoms with van der Waals surface area (Å²) in [7, 11) is 0. The number of aromatic nitrogens is 2. The van der Waals surface area contributed by atoms with E-state index >= 15 is 0 Å². The SMILES string of the molecule is CC(C)CC(NCc1cncn1C1CC1)c1ccccc1.